The molecule has 2 N–H and O–H groups in total. The Hall–Kier alpha value is -4.12. The van der Waals surface area contributed by atoms with Gasteiger partial charge in [0.1, 0.15) is 12.7 Å². The Morgan fingerprint density at radius 3 is 1.13 bits per heavy atom. The highest BCUT2D eigenvalue weighted by Gasteiger charge is 2.28. The van der Waals surface area contributed by atoms with Gasteiger partial charge in [-0.2, -0.15) is 0 Å². The monoisotopic (exact) mass is 1110 g/mol. The minimum absolute atomic E-state index is 0.0617. The lowest BCUT2D eigenvalue weighted by molar-refractivity contribution is -0.161. The molecule has 0 aliphatic rings. The number of aliphatic hydroxyl groups excluding tert-OH is 1. The fourth-order valence-corrected chi connectivity index (χ4v) is 8.55. The van der Waals surface area contributed by atoms with Crippen LogP contribution in [0, 0.1) is 0 Å². The molecule has 0 aromatic rings. The van der Waals surface area contributed by atoms with Gasteiger partial charge in [-0.05, 0) is 116 Å². The molecule has 78 heavy (non-hydrogen) atoms. The van der Waals surface area contributed by atoms with Crippen LogP contribution >= 0.6 is 7.82 Å². The van der Waals surface area contributed by atoms with Gasteiger partial charge in [0.15, 0.2) is 6.10 Å². The Balaban J connectivity index is 4.84. The Morgan fingerprint density at radius 1 is 0.385 bits per heavy atom. The van der Waals surface area contributed by atoms with Gasteiger partial charge in [0.2, 0.25) is 0 Å². The topological polar surface area (TPSA) is 155 Å². The van der Waals surface area contributed by atoms with Gasteiger partial charge in [-0.25, -0.2) is 4.57 Å². The maximum atomic E-state index is 12.9. The number of carbonyl (C=O) groups excluding carboxylic acids is 3. The lowest BCUT2D eigenvalue weighted by atomic mass is 10.1. The molecule has 0 aromatic heterocycles. The van der Waals surface area contributed by atoms with Crippen molar-refractivity contribution >= 4 is 25.7 Å². The molecule has 3 unspecified atom stereocenters. The zero-order valence-electron chi connectivity index (χ0n) is 49.1. The van der Waals surface area contributed by atoms with Crippen LogP contribution in [0.4, 0.5) is 0 Å². The number of ether oxygens (including phenoxy) is 3. The second kappa shape index (κ2) is 59.0. The van der Waals surface area contributed by atoms with Crippen LogP contribution in [0.5, 0.6) is 0 Å². The highest BCUT2D eigenvalue weighted by Crippen LogP contribution is 2.43. The average Bonchev–Trinajstić information content (AvgIpc) is 3.43. The lowest BCUT2D eigenvalue weighted by Gasteiger charge is -2.21. The van der Waals surface area contributed by atoms with Crippen molar-refractivity contribution in [2.45, 2.75) is 251 Å². The molecule has 0 radical (unpaired) electrons. The minimum atomic E-state index is -4.79. The summed E-state index contributed by atoms with van der Waals surface area (Å²) in [6.07, 6.45) is 73.2. The van der Waals surface area contributed by atoms with Gasteiger partial charge in [-0.1, -0.05) is 226 Å². The van der Waals surface area contributed by atoms with Gasteiger partial charge in [0, 0.05) is 12.8 Å². The van der Waals surface area contributed by atoms with Crippen LogP contribution in [-0.4, -0.2) is 66.5 Å². The van der Waals surface area contributed by atoms with E-state index >= 15 is 0 Å². The molecule has 0 heterocycles. The summed E-state index contributed by atoms with van der Waals surface area (Å²) in [7, 11) is -4.79. The summed E-state index contributed by atoms with van der Waals surface area (Å²) in [6, 6.07) is 0. The molecule has 0 bridgehead atoms. The first-order valence-corrected chi connectivity index (χ1v) is 31.9. The number of hydrogen-bond donors (Lipinski definition) is 2. The van der Waals surface area contributed by atoms with Crippen LogP contribution < -0.4 is 0 Å². The predicted octanol–water partition coefficient (Wildman–Crippen LogP) is 18.4. The van der Waals surface area contributed by atoms with Crippen molar-refractivity contribution in [2.75, 3.05) is 26.4 Å². The Labute approximate surface area is 475 Å². The van der Waals surface area contributed by atoms with E-state index in [1.165, 1.54) is 64.2 Å². The van der Waals surface area contributed by atoms with E-state index in [2.05, 4.69) is 118 Å². The van der Waals surface area contributed by atoms with E-state index in [1.807, 2.05) is 18.2 Å². The third-order valence-corrected chi connectivity index (χ3v) is 13.3. The molecule has 3 atom stereocenters. The highest BCUT2D eigenvalue weighted by atomic mass is 31.2. The first-order valence-electron chi connectivity index (χ1n) is 30.4. The lowest BCUT2D eigenvalue weighted by Crippen LogP contribution is -2.30. The minimum Gasteiger partial charge on any atom is -0.462 e. The summed E-state index contributed by atoms with van der Waals surface area (Å²) in [6.45, 7) is 4.34. The van der Waals surface area contributed by atoms with Gasteiger partial charge in [-0.15, -0.1) is 0 Å². The Bertz CT molecular complexity index is 1770. The van der Waals surface area contributed by atoms with E-state index in [1.54, 1.807) is 6.08 Å². The van der Waals surface area contributed by atoms with Crippen molar-refractivity contribution < 1.29 is 52.2 Å². The molecule has 444 valence electrons. The summed E-state index contributed by atoms with van der Waals surface area (Å²) in [5, 5.41) is 9.81. The second-order valence-corrected chi connectivity index (χ2v) is 21.2. The highest BCUT2D eigenvalue weighted by molar-refractivity contribution is 7.47. The van der Waals surface area contributed by atoms with Crippen molar-refractivity contribution in [3.63, 3.8) is 0 Å². The number of phosphoric ester groups is 1. The zero-order valence-corrected chi connectivity index (χ0v) is 50.0. The first kappa shape index (κ1) is 73.9. The number of allylic oxidation sites excluding steroid dienone is 19. The van der Waals surface area contributed by atoms with E-state index in [9.17, 15) is 28.9 Å². The molecule has 0 fully saturated rings. The third kappa shape index (κ3) is 56.6. The molecule has 0 saturated heterocycles. The molecule has 11 nitrogen and oxygen atoms in total. The summed E-state index contributed by atoms with van der Waals surface area (Å²) in [5.41, 5.74) is 0. The van der Waals surface area contributed by atoms with E-state index in [0.29, 0.717) is 19.3 Å². The van der Waals surface area contributed by atoms with Crippen molar-refractivity contribution in [1.29, 1.82) is 0 Å². The van der Waals surface area contributed by atoms with E-state index in [-0.39, 0.29) is 25.9 Å². The quantitative estimate of drug-likeness (QED) is 0.0197. The molecule has 12 heteroatoms. The molecule has 0 spiro atoms. The van der Waals surface area contributed by atoms with E-state index < -0.39 is 57.8 Å². The largest absolute Gasteiger partial charge is 0.472 e. The molecule has 0 aromatic carbocycles. The van der Waals surface area contributed by atoms with Crippen molar-refractivity contribution in [3.05, 3.63) is 122 Å². The smallest absolute Gasteiger partial charge is 0.462 e. The molecular formula is C66H109O11P. The van der Waals surface area contributed by atoms with Gasteiger partial charge >= 0.3 is 25.7 Å². The van der Waals surface area contributed by atoms with E-state index in [0.717, 1.165) is 116 Å². The molecule has 0 rings (SSSR count). The van der Waals surface area contributed by atoms with Crippen LogP contribution in [0.25, 0.3) is 0 Å². The van der Waals surface area contributed by atoms with Crippen LogP contribution in [0.2, 0.25) is 0 Å². The maximum Gasteiger partial charge on any atom is 0.472 e. The summed E-state index contributed by atoms with van der Waals surface area (Å²) >= 11 is 0. The number of phosphoric acid groups is 1. The first-order chi connectivity index (χ1) is 38.2. The second-order valence-electron chi connectivity index (χ2n) is 19.8. The Morgan fingerprint density at radius 2 is 0.718 bits per heavy atom. The number of rotatable bonds is 55. The molecular weight excluding hydrogens is 1000 g/mol. The fraction of sp³-hybridized carbons (Fsp3) is 0.652. The van der Waals surface area contributed by atoms with Crippen LogP contribution in [0.1, 0.15) is 239 Å². The molecule has 0 aliphatic carbocycles. The normalized spacial score (nSPS) is 14.2. The van der Waals surface area contributed by atoms with E-state index in [4.69, 9.17) is 23.3 Å². The number of hydrogen-bond acceptors (Lipinski definition) is 10. The van der Waals surface area contributed by atoms with Crippen LogP contribution in [0.15, 0.2) is 122 Å². The van der Waals surface area contributed by atoms with Crippen molar-refractivity contribution in [1.82, 2.24) is 0 Å². The zero-order chi connectivity index (χ0) is 56.9. The number of unbranched alkanes of at least 4 members (excludes halogenated alkanes) is 19. The number of carbonyl (C=O) groups is 3. The Kier molecular flexibility index (Phi) is 55.9. The average molecular weight is 1110 g/mol. The van der Waals surface area contributed by atoms with Crippen LogP contribution in [-0.2, 0) is 42.2 Å². The van der Waals surface area contributed by atoms with Gasteiger partial charge in [-0.3, -0.25) is 23.4 Å². The summed E-state index contributed by atoms with van der Waals surface area (Å²) < 4.78 is 39.5. The van der Waals surface area contributed by atoms with Crippen molar-refractivity contribution in [3.8, 4) is 0 Å². The molecule has 0 saturated carbocycles. The predicted molar refractivity (Wildman–Crippen MR) is 325 cm³/mol. The summed E-state index contributed by atoms with van der Waals surface area (Å²) in [5.74, 6) is -1.63. The van der Waals surface area contributed by atoms with Gasteiger partial charge in [0.25, 0.3) is 0 Å². The molecule has 0 amide bonds. The molecule has 0 aliphatic heterocycles. The van der Waals surface area contributed by atoms with Crippen molar-refractivity contribution in [2.24, 2.45) is 0 Å². The van der Waals surface area contributed by atoms with Crippen LogP contribution in [0.3, 0.4) is 0 Å². The van der Waals surface area contributed by atoms with Gasteiger partial charge in [0.05, 0.1) is 26.2 Å². The number of aliphatic hydroxyl groups is 1. The number of esters is 3. The maximum absolute atomic E-state index is 12.9. The SMILES string of the molecule is CC/C=C\C/C=C\C/C=C\C/C=C\C/C=C\CC(=O)OC(CO)COP(=O)(O)OCC(COC(=O)CCCCCCCC/C=C\C/C=C\C/C=C\CCCCC)OC(=O)CCCCCCCCC/C=C\C/C=C\CCCCC. The standard InChI is InChI=1S/C66H109O11P/c1-4-7-10-13-16-19-22-25-28-30-31-33-35-37-40-43-46-49-52-55-64(68)73-59-63(77-66(70)57-54-51-48-45-42-39-36-32-29-26-23-20-17-14-11-8-5-2)61-75-78(71,72)74-60-62(58-67)76-65(69)56-53-50-47-44-41-38-34-27-24-21-18-15-12-9-6-3/h9,12,16-21,25-29,31,33-34,41,44,50,53,62-63,67H,4-8,10-11,13-15,22-24,30,32,35-40,42-43,45-49,51-52,54-61H2,1-3H3,(H,71,72)/b12-9-,19-16-,20-17-,21-18-,28-25-,29-26-,33-31-,34-27-,44-41-,53-50-. The summed E-state index contributed by atoms with van der Waals surface area (Å²) in [4.78, 5) is 48.6. The fourth-order valence-electron chi connectivity index (χ4n) is 7.76. The van der Waals surface area contributed by atoms with Gasteiger partial charge < -0.3 is 24.2 Å². The third-order valence-electron chi connectivity index (χ3n) is 12.4.